The summed E-state index contributed by atoms with van der Waals surface area (Å²) in [5.41, 5.74) is 0.312. The number of rotatable bonds is 2. The Balaban J connectivity index is 2.31. The number of aromatic hydroxyl groups is 1. The normalized spacial score (nSPS) is 11.8. The van der Waals surface area contributed by atoms with Crippen LogP contribution in [0.2, 0.25) is 5.02 Å². The highest BCUT2D eigenvalue weighted by atomic mass is 35.5. The Morgan fingerprint density at radius 3 is 2.65 bits per heavy atom. The quantitative estimate of drug-likeness (QED) is 0.427. The second-order valence-electron chi connectivity index (χ2n) is 4.93. The number of nitrogens with zero attached hydrogens (tertiary/aromatic N) is 2. The zero-order valence-electron chi connectivity index (χ0n) is 11.9. The van der Waals surface area contributed by atoms with E-state index in [2.05, 4.69) is 10.3 Å². The van der Waals surface area contributed by atoms with Gasteiger partial charge in [0.1, 0.15) is 17.2 Å². The van der Waals surface area contributed by atoms with Gasteiger partial charge in [0, 0.05) is 16.0 Å². The van der Waals surface area contributed by atoms with Crippen LogP contribution in [0.15, 0.2) is 50.9 Å². The smallest absolute Gasteiger partial charge is 0.366 e. The van der Waals surface area contributed by atoms with E-state index in [-0.39, 0.29) is 28.1 Å². The lowest BCUT2D eigenvalue weighted by Crippen LogP contribution is -2.12. The Hall–Kier alpha value is -2.86. The zero-order chi connectivity index (χ0) is 16.6. The molecule has 0 bridgehead atoms. The molecule has 0 saturated carbocycles. The van der Waals surface area contributed by atoms with Crippen LogP contribution >= 0.6 is 11.6 Å². The summed E-state index contributed by atoms with van der Waals surface area (Å²) < 4.78 is 4.76. The first-order valence-corrected chi connectivity index (χ1v) is 7.01. The first-order chi connectivity index (χ1) is 11.0. The average Bonchev–Trinajstić information content (AvgIpc) is 2.55. The molecule has 23 heavy (non-hydrogen) atoms. The predicted molar refractivity (Wildman–Crippen MR) is 85.6 cm³/mol. The summed E-state index contributed by atoms with van der Waals surface area (Å²) >= 11 is 6.08. The molecule has 1 aromatic heterocycles. The molecule has 0 atom stereocenters. The van der Waals surface area contributed by atoms with Crippen LogP contribution in [0.5, 0.6) is 5.75 Å². The fraction of sp³-hybridized carbons (Fsp3) is 0.0625. The van der Waals surface area contributed by atoms with Crippen molar-refractivity contribution >= 4 is 28.1 Å². The van der Waals surface area contributed by atoms with Gasteiger partial charge in [0.05, 0.1) is 5.39 Å². The lowest BCUT2D eigenvalue weighted by molar-refractivity contribution is 0.317. The number of hydrogen-bond acceptors (Lipinski definition) is 6. The molecule has 116 valence electrons. The molecule has 0 radical (unpaired) electrons. The summed E-state index contributed by atoms with van der Waals surface area (Å²) in [7, 11) is 0. The summed E-state index contributed by atoms with van der Waals surface area (Å²) in [6.45, 7) is 1.73. The maximum Gasteiger partial charge on any atom is 0.366 e. The van der Waals surface area contributed by atoms with Gasteiger partial charge in [-0.3, -0.25) is 0 Å². The number of oxime groups is 1. The molecule has 0 spiro atoms. The van der Waals surface area contributed by atoms with Crippen LogP contribution in [0.3, 0.4) is 0 Å². The summed E-state index contributed by atoms with van der Waals surface area (Å²) in [6.07, 6.45) is 0. The lowest BCUT2D eigenvalue weighted by Gasteiger charge is -2.09. The third-order valence-electron chi connectivity index (χ3n) is 3.48. The molecule has 0 saturated heterocycles. The van der Waals surface area contributed by atoms with Crippen molar-refractivity contribution in [2.24, 2.45) is 5.16 Å². The topological polar surface area (TPSA) is 95.9 Å². The van der Waals surface area contributed by atoms with Crippen LogP contribution in [0, 0.1) is 6.92 Å². The van der Waals surface area contributed by atoms with Gasteiger partial charge in [0.2, 0.25) is 0 Å². The van der Waals surface area contributed by atoms with E-state index in [4.69, 9.17) is 16.1 Å². The molecule has 2 N–H and O–H groups in total. The van der Waals surface area contributed by atoms with Gasteiger partial charge in [-0.15, -0.1) is 0 Å². The van der Waals surface area contributed by atoms with Crippen molar-refractivity contribution in [2.45, 2.75) is 6.92 Å². The molecule has 3 aromatic rings. The molecule has 0 aliphatic carbocycles. The highest BCUT2D eigenvalue weighted by Gasteiger charge is 2.20. The van der Waals surface area contributed by atoms with Crippen molar-refractivity contribution in [2.75, 3.05) is 0 Å². The molecule has 0 aliphatic heterocycles. The fourth-order valence-electron chi connectivity index (χ4n) is 2.31. The van der Waals surface area contributed by atoms with Gasteiger partial charge in [0.15, 0.2) is 0 Å². The molecule has 2 aromatic carbocycles. The molecule has 6 nitrogen and oxygen atoms in total. The molecular formula is C16H11ClN2O4. The molecule has 0 amide bonds. The number of aromatic nitrogens is 1. The van der Waals surface area contributed by atoms with E-state index in [1.54, 1.807) is 31.2 Å². The van der Waals surface area contributed by atoms with E-state index in [1.165, 1.54) is 12.1 Å². The van der Waals surface area contributed by atoms with Gasteiger partial charge in [-0.1, -0.05) is 40.1 Å². The minimum absolute atomic E-state index is 0.0515. The van der Waals surface area contributed by atoms with Gasteiger partial charge in [-0.2, -0.15) is 0 Å². The largest absolute Gasteiger partial charge is 0.507 e. The molecule has 1 heterocycles. The summed E-state index contributed by atoms with van der Waals surface area (Å²) in [5.74, 6) is -0.128. The monoisotopic (exact) mass is 330 g/mol. The number of halogens is 1. The Labute approximate surface area is 135 Å². The molecule has 0 aliphatic rings. The van der Waals surface area contributed by atoms with Crippen LogP contribution in [-0.4, -0.2) is 21.2 Å². The first kappa shape index (κ1) is 15.1. The standard InChI is InChI=1S/C16H11ClN2O4/c1-8-6-13(20)11(7-12(8)17)14(18-22)15-9-4-2-3-5-10(9)16(21)23-19-15/h2-7,20,22H,1H3/b18-14-. The predicted octanol–water partition coefficient (Wildman–Crippen LogP) is 3.08. The number of benzene rings is 2. The second kappa shape index (κ2) is 5.73. The minimum Gasteiger partial charge on any atom is -0.507 e. The summed E-state index contributed by atoms with van der Waals surface area (Å²) in [4.78, 5) is 11.7. The lowest BCUT2D eigenvalue weighted by atomic mass is 10.0. The third-order valence-corrected chi connectivity index (χ3v) is 3.89. The van der Waals surface area contributed by atoms with Crippen LogP contribution in [-0.2, 0) is 0 Å². The van der Waals surface area contributed by atoms with Crippen molar-refractivity contribution in [3.05, 3.63) is 68.7 Å². The minimum atomic E-state index is -0.604. The number of phenols is 1. The van der Waals surface area contributed by atoms with Crippen molar-refractivity contribution in [1.29, 1.82) is 0 Å². The number of phenolic OH excluding ortho intramolecular Hbond substituents is 1. The van der Waals surface area contributed by atoms with Gasteiger partial charge >= 0.3 is 5.63 Å². The number of hydrogen-bond donors (Lipinski definition) is 2. The maximum atomic E-state index is 11.7. The van der Waals surface area contributed by atoms with Crippen LogP contribution in [0.25, 0.3) is 10.8 Å². The molecular weight excluding hydrogens is 320 g/mol. The highest BCUT2D eigenvalue weighted by molar-refractivity contribution is 6.32. The number of fused-ring (bicyclic) bond motifs is 1. The van der Waals surface area contributed by atoms with Crippen molar-refractivity contribution in [3.63, 3.8) is 0 Å². The van der Waals surface area contributed by atoms with E-state index in [1.807, 2.05) is 0 Å². The molecule has 0 unspecified atom stereocenters. The average molecular weight is 331 g/mol. The Kier molecular flexibility index (Phi) is 3.75. The van der Waals surface area contributed by atoms with Crippen LogP contribution in [0.4, 0.5) is 0 Å². The van der Waals surface area contributed by atoms with Gasteiger partial charge in [0.25, 0.3) is 0 Å². The fourth-order valence-corrected chi connectivity index (χ4v) is 2.47. The van der Waals surface area contributed by atoms with E-state index >= 15 is 0 Å². The second-order valence-corrected chi connectivity index (χ2v) is 5.34. The van der Waals surface area contributed by atoms with Crippen LogP contribution < -0.4 is 5.63 Å². The van der Waals surface area contributed by atoms with E-state index in [9.17, 15) is 15.1 Å². The van der Waals surface area contributed by atoms with Gasteiger partial charge in [-0.05, 0) is 30.7 Å². The molecule has 3 rings (SSSR count). The SMILES string of the molecule is Cc1cc(O)c(/C(=N/O)c2noc(=O)c3ccccc23)cc1Cl. The van der Waals surface area contributed by atoms with Gasteiger partial charge < -0.3 is 14.8 Å². The van der Waals surface area contributed by atoms with E-state index in [0.29, 0.717) is 16.0 Å². The Morgan fingerprint density at radius 1 is 1.26 bits per heavy atom. The molecule has 0 fully saturated rings. The third kappa shape index (κ3) is 2.53. The summed E-state index contributed by atoms with van der Waals surface area (Å²) in [6, 6.07) is 9.52. The van der Waals surface area contributed by atoms with Crippen molar-refractivity contribution < 1.29 is 14.8 Å². The zero-order valence-corrected chi connectivity index (χ0v) is 12.7. The van der Waals surface area contributed by atoms with Crippen LogP contribution in [0.1, 0.15) is 16.8 Å². The highest BCUT2D eigenvalue weighted by Crippen LogP contribution is 2.29. The maximum absolute atomic E-state index is 11.7. The summed E-state index contributed by atoms with van der Waals surface area (Å²) in [5, 5.41) is 27.6. The number of aryl methyl sites for hydroxylation is 1. The van der Waals surface area contributed by atoms with Gasteiger partial charge in [-0.25, -0.2) is 4.79 Å². The Morgan fingerprint density at radius 2 is 1.96 bits per heavy atom. The van der Waals surface area contributed by atoms with Crippen molar-refractivity contribution in [3.8, 4) is 5.75 Å². The van der Waals surface area contributed by atoms with Crippen molar-refractivity contribution in [1.82, 2.24) is 5.16 Å². The van der Waals surface area contributed by atoms with E-state index in [0.717, 1.165) is 0 Å². The molecule has 7 heteroatoms. The van der Waals surface area contributed by atoms with E-state index < -0.39 is 5.63 Å². The Bertz CT molecular complexity index is 995. The first-order valence-electron chi connectivity index (χ1n) is 6.63.